The van der Waals surface area contributed by atoms with Crippen LogP contribution in [0, 0.1) is 17.8 Å². The predicted octanol–water partition coefficient (Wildman–Crippen LogP) is 3.97. The molecule has 2 aliphatic rings. The molecule has 0 aromatic heterocycles. The zero-order chi connectivity index (χ0) is 13.0. The zero-order valence-electron chi connectivity index (χ0n) is 8.57. The third-order valence-electron chi connectivity index (χ3n) is 3.52. The number of hydrogen-bond acceptors (Lipinski definition) is 1. The largest absolute Gasteiger partial charge is 0.512 e. The van der Waals surface area contributed by atoms with Gasteiger partial charge >= 0.3 is 12.4 Å². The van der Waals surface area contributed by atoms with Crippen molar-refractivity contribution in [3.63, 3.8) is 0 Å². The number of rotatable bonds is 1. The van der Waals surface area contributed by atoms with Crippen molar-refractivity contribution in [2.45, 2.75) is 31.6 Å². The summed E-state index contributed by atoms with van der Waals surface area (Å²) >= 11 is 0. The first-order valence-corrected chi connectivity index (χ1v) is 5.18. The van der Waals surface area contributed by atoms with E-state index in [4.69, 9.17) is 0 Å². The van der Waals surface area contributed by atoms with Crippen molar-refractivity contribution in [3.8, 4) is 0 Å². The molecule has 1 nitrogen and oxygen atoms in total. The summed E-state index contributed by atoms with van der Waals surface area (Å²) in [6, 6.07) is 0. The molecule has 1 N–H and O–H groups in total. The van der Waals surface area contributed by atoms with E-state index >= 15 is 0 Å². The summed E-state index contributed by atoms with van der Waals surface area (Å²) in [6.45, 7) is 0. The summed E-state index contributed by atoms with van der Waals surface area (Å²) in [5, 5.41) is 9.46. The number of halogens is 6. The van der Waals surface area contributed by atoms with Crippen LogP contribution in [0.25, 0.3) is 0 Å². The van der Waals surface area contributed by atoms with Crippen LogP contribution in [0.15, 0.2) is 11.3 Å². The molecular weight excluding hydrogens is 250 g/mol. The van der Waals surface area contributed by atoms with Crippen molar-refractivity contribution >= 4 is 0 Å². The molecule has 7 heteroatoms. The van der Waals surface area contributed by atoms with E-state index in [-0.39, 0.29) is 6.42 Å². The molecule has 1 fully saturated rings. The second-order valence-corrected chi connectivity index (χ2v) is 4.56. The minimum atomic E-state index is -5.40. The molecule has 2 bridgehead atoms. The molecule has 2 atom stereocenters. The van der Waals surface area contributed by atoms with Crippen LogP contribution in [0.5, 0.6) is 0 Å². The van der Waals surface area contributed by atoms with Crippen molar-refractivity contribution < 1.29 is 31.4 Å². The van der Waals surface area contributed by atoms with E-state index < -0.39 is 41.4 Å². The van der Waals surface area contributed by atoms with Crippen LogP contribution < -0.4 is 0 Å². The first kappa shape index (κ1) is 12.6. The number of allylic oxidation sites excluding steroid dienone is 2. The van der Waals surface area contributed by atoms with Crippen LogP contribution in [0.3, 0.4) is 0 Å². The first-order chi connectivity index (χ1) is 7.62. The molecule has 0 aromatic rings. The van der Waals surface area contributed by atoms with Crippen LogP contribution in [-0.2, 0) is 0 Å². The van der Waals surface area contributed by atoms with Gasteiger partial charge in [-0.25, -0.2) is 0 Å². The standard InChI is InChI=1S/C10H10F6O/c11-9(12,13)8(10(14,15)16)6-4-1-2-5(3-4)7(6)17/h4-5,8,17H,1-3H2. The Hall–Kier alpha value is -0.880. The van der Waals surface area contributed by atoms with Crippen LogP contribution in [-0.4, -0.2) is 17.5 Å². The molecule has 0 spiro atoms. The molecule has 98 valence electrons. The normalized spacial score (nSPS) is 29.6. The van der Waals surface area contributed by atoms with Gasteiger partial charge in [-0.2, -0.15) is 26.3 Å². The van der Waals surface area contributed by atoms with Gasteiger partial charge in [0.25, 0.3) is 0 Å². The van der Waals surface area contributed by atoms with Crippen molar-refractivity contribution in [1.29, 1.82) is 0 Å². The van der Waals surface area contributed by atoms with Gasteiger partial charge in [0.2, 0.25) is 0 Å². The fourth-order valence-electron chi connectivity index (χ4n) is 2.88. The summed E-state index contributed by atoms with van der Waals surface area (Å²) < 4.78 is 75.0. The Labute approximate surface area is 93.1 Å². The Morgan fingerprint density at radius 3 is 1.76 bits per heavy atom. The van der Waals surface area contributed by atoms with E-state index in [2.05, 4.69) is 0 Å². The summed E-state index contributed by atoms with van der Waals surface area (Å²) in [5.74, 6) is -5.47. The first-order valence-electron chi connectivity index (χ1n) is 5.18. The molecule has 0 radical (unpaired) electrons. The van der Waals surface area contributed by atoms with Gasteiger partial charge in [-0.15, -0.1) is 0 Å². The molecule has 2 unspecified atom stereocenters. The lowest BCUT2D eigenvalue weighted by Crippen LogP contribution is -2.39. The van der Waals surface area contributed by atoms with Crippen LogP contribution >= 0.6 is 0 Å². The number of alkyl halides is 6. The Bertz CT molecular complexity index is 339. The second-order valence-electron chi connectivity index (χ2n) is 4.56. The summed E-state index contributed by atoms with van der Waals surface area (Å²) in [7, 11) is 0. The van der Waals surface area contributed by atoms with E-state index in [0.717, 1.165) is 0 Å². The average Bonchev–Trinajstić information content (AvgIpc) is 2.64. The minimum absolute atomic E-state index is 0.212. The smallest absolute Gasteiger partial charge is 0.404 e. The highest BCUT2D eigenvalue weighted by Gasteiger charge is 2.62. The van der Waals surface area contributed by atoms with Crippen LogP contribution in [0.1, 0.15) is 19.3 Å². The van der Waals surface area contributed by atoms with Gasteiger partial charge in [-0.05, 0) is 30.8 Å². The van der Waals surface area contributed by atoms with Gasteiger partial charge in [0.05, 0.1) is 5.76 Å². The van der Waals surface area contributed by atoms with Gasteiger partial charge in [-0.1, -0.05) is 0 Å². The van der Waals surface area contributed by atoms with Crippen molar-refractivity contribution in [2.24, 2.45) is 17.8 Å². The molecule has 2 rings (SSSR count). The number of aliphatic hydroxyl groups is 1. The number of hydrogen-bond donors (Lipinski definition) is 1. The second kappa shape index (κ2) is 3.55. The Balaban J connectivity index is 2.42. The average molecular weight is 260 g/mol. The fourth-order valence-corrected chi connectivity index (χ4v) is 2.88. The lowest BCUT2D eigenvalue weighted by atomic mass is 9.86. The monoisotopic (exact) mass is 260 g/mol. The maximum atomic E-state index is 12.5. The van der Waals surface area contributed by atoms with Gasteiger partial charge in [0.15, 0.2) is 5.92 Å². The molecule has 0 aliphatic heterocycles. The molecule has 0 amide bonds. The van der Waals surface area contributed by atoms with Crippen molar-refractivity contribution in [3.05, 3.63) is 11.3 Å². The van der Waals surface area contributed by atoms with E-state index in [9.17, 15) is 31.4 Å². The van der Waals surface area contributed by atoms with Crippen LogP contribution in [0.4, 0.5) is 26.3 Å². The molecule has 1 saturated carbocycles. The molecule has 2 aliphatic carbocycles. The summed E-state index contributed by atoms with van der Waals surface area (Å²) in [6.07, 6.45) is -9.81. The Morgan fingerprint density at radius 1 is 0.941 bits per heavy atom. The Morgan fingerprint density at radius 2 is 1.41 bits per heavy atom. The topological polar surface area (TPSA) is 20.2 Å². The molecule has 0 saturated heterocycles. The molecular formula is C10H10F6O. The van der Waals surface area contributed by atoms with Gasteiger partial charge in [-0.3, -0.25) is 0 Å². The lowest BCUT2D eigenvalue weighted by Gasteiger charge is -2.28. The highest BCUT2D eigenvalue weighted by atomic mass is 19.4. The van der Waals surface area contributed by atoms with Crippen molar-refractivity contribution in [1.82, 2.24) is 0 Å². The maximum absolute atomic E-state index is 12.5. The Kier molecular flexibility index (Phi) is 2.63. The van der Waals surface area contributed by atoms with E-state index in [0.29, 0.717) is 12.8 Å². The molecule has 0 heterocycles. The van der Waals surface area contributed by atoms with Crippen molar-refractivity contribution in [2.75, 3.05) is 0 Å². The van der Waals surface area contributed by atoms with Crippen LogP contribution in [0.2, 0.25) is 0 Å². The van der Waals surface area contributed by atoms with Gasteiger partial charge in [0, 0.05) is 5.92 Å². The predicted molar refractivity (Wildman–Crippen MR) is 46.1 cm³/mol. The molecule has 17 heavy (non-hydrogen) atoms. The zero-order valence-corrected chi connectivity index (χ0v) is 8.57. The third kappa shape index (κ3) is 1.99. The SMILES string of the molecule is OC1=C(C(C(F)(F)F)C(F)(F)F)C2CCC1C2. The quantitative estimate of drug-likeness (QED) is 0.707. The van der Waals surface area contributed by atoms with E-state index in [1.807, 2.05) is 0 Å². The number of fused-ring (bicyclic) bond motifs is 2. The summed E-state index contributed by atoms with van der Waals surface area (Å²) in [4.78, 5) is 0. The molecule has 0 aromatic carbocycles. The summed E-state index contributed by atoms with van der Waals surface area (Å²) in [5.41, 5.74) is -0.846. The van der Waals surface area contributed by atoms with E-state index in [1.165, 1.54) is 0 Å². The highest BCUT2D eigenvalue weighted by Crippen LogP contribution is 2.56. The van der Waals surface area contributed by atoms with E-state index in [1.54, 1.807) is 0 Å². The lowest BCUT2D eigenvalue weighted by molar-refractivity contribution is -0.273. The van der Waals surface area contributed by atoms with Gasteiger partial charge in [0.1, 0.15) is 0 Å². The maximum Gasteiger partial charge on any atom is 0.404 e. The third-order valence-corrected chi connectivity index (χ3v) is 3.52. The minimum Gasteiger partial charge on any atom is -0.512 e. The highest BCUT2D eigenvalue weighted by molar-refractivity contribution is 5.28. The fraction of sp³-hybridized carbons (Fsp3) is 0.800. The number of aliphatic hydroxyl groups excluding tert-OH is 1. The van der Waals surface area contributed by atoms with Gasteiger partial charge < -0.3 is 5.11 Å².